The third-order valence-electron chi connectivity index (χ3n) is 5.75. The van der Waals surface area contributed by atoms with Crippen molar-refractivity contribution >= 4 is 17.3 Å². The highest BCUT2D eigenvalue weighted by molar-refractivity contribution is 6.06. The summed E-state index contributed by atoms with van der Waals surface area (Å²) in [5.74, 6) is 1.68. The Kier molecular flexibility index (Phi) is 5.20. The number of halogens is 1. The molecule has 5 nitrogen and oxygen atoms in total. The number of hydrogen-bond donors (Lipinski definition) is 1. The van der Waals surface area contributed by atoms with Crippen LogP contribution in [0.25, 0.3) is 0 Å². The molecule has 0 saturated carbocycles. The third kappa shape index (κ3) is 3.68. The van der Waals surface area contributed by atoms with E-state index in [0.29, 0.717) is 11.7 Å². The number of anilines is 1. The van der Waals surface area contributed by atoms with Gasteiger partial charge in [0, 0.05) is 30.6 Å². The maximum atomic E-state index is 13.1. The van der Waals surface area contributed by atoms with Gasteiger partial charge >= 0.3 is 0 Å². The van der Waals surface area contributed by atoms with Crippen LogP contribution in [-0.2, 0) is 6.42 Å². The molecule has 0 unspecified atom stereocenters. The molecule has 0 radical (unpaired) electrons. The predicted molar refractivity (Wildman–Crippen MR) is 107 cm³/mol. The van der Waals surface area contributed by atoms with Crippen molar-refractivity contribution in [2.75, 3.05) is 18.5 Å². The molecular weight excluding hydrogens is 357 g/mol. The first-order chi connectivity index (χ1) is 13.5. The van der Waals surface area contributed by atoms with E-state index in [9.17, 15) is 9.18 Å². The third-order valence-corrected chi connectivity index (χ3v) is 5.75. The first-order valence-electron chi connectivity index (χ1n) is 10.0. The molecule has 4 rings (SSSR count). The minimum absolute atomic E-state index is 0.00959. The van der Waals surface area contributed by atoms with Crippen LogP contribution in [0.1, 0.15) is 60.0 Å². The summed E-state index contributed by atoms with van der Waals surface area (Å²) >= 11 is 0. The van der Waals surface area contributed by atoms with Gasteiger partial charge in [-0.3, -0.25) is 10.2 Å². The van der Waals surface area contributed by atoms with E-state index < -0.39 is 0 Å². The molecule has 1 saturated heterocycles. The number of nitrogens with one attached hydrogen (secondary N) is 1. The summed E-state index contributed by atoms with van der Waals surface area (Å²) in [6.07, 6.45) is 4.64. The van der Waals surface area contributed by atoms with Gasteiger partial charge in [-0.2, -0.15) is 5.10 Å². The Balaban J connectivity index is 1.58. The average molecular weight is 383 g/mol. The number of hydrogen-bond acceptors (Lipinski definition) is 4. The van der Waals surface area contributed by atoms with Gasteiger partial charge < -0.3 is 9.32 Å². The van der Waals surface area contributed by atoms with Crippen LogP contribution in [-0.4, -0.2) is 29.6 Å². The molecule has 2 heterocycles. The maximum absolute atomic E-state index is 13.1. The number of aryl methyl sites for hydroxylation is 1. The fourth-order valence-electron chi connectivity index (χ4n) is 4.00. The zero-order chi connectivity index (χ0) is 19.7. The zero-order valence-electron chi connectivity index (χ0n) is 16.4. The number of rotatable bonds is 3. The summed E-state index contributed by atoms with van der Waals surface area (Å²) in [6.45, 7) is 5.76. The van der Waals surface area contributed by atoms with Crippen molar-refractivity contribution in [1.29, 1.82) is 0 Å². The number of fused-ring (bicyclic) bond motifs is 1. The molecule has 28 heavy (non-hydrogen) atoms. The van der Waals surface area contributed by atoms with E-state index in [1.54, 1.807) is 12.1 Å². The van der Waals surface area contributed by atoms with Gasteiger partial charge in [-0.1, -0.05) is 6.92 Å². The molecule has 1 fully saturated rings. The minimum atomic E-state index is -0.279. The van der Waals surface area contributed by atoms with Gasteiger partial charge in [0.1, 0.15) is 11.6 Å². The molecule has 1 amide bonds. The second-order valence-electron chi connectivity index (χ2n) is 7.86. The first kappa shape index (κ1) is 18.7. The van der Waals surface area contributed by atoms with Gasteiger partial charge in [0.2, 0.25) is 0 Å². The smallest absolute Gasteiger partial charge is 0.289 e. The van der Waals surface area contributed by atoms with Crippen LogP contribution in [0.3, 0.4) is 0 Å². The zero-order valence-corrected chi connectivity index (χ0v) is 16.4. The number of carbonyl (C=O) groups is 1. The highest BCUT2D eigenvalue weighted by atomic mass is 19.1. The van der Waals surface area contributed by atoms with Gasteiger partial charge in [-0.25, -0.2) is 4.39 Å². The number of furan rings is 1. The number of amides is 1. The van der Waals surface area contributed by atoms with Gasteiger partial charge in [0.25, 0.3) is 5.91 Å². The molecule has 1 aromatic carbocycles. The molecule has 1 aliphatic heterocycles. The monoisotopic (exact) mass is 383 g/mol. The lowest BCUT2D eigenvalue weighted by Crippen LogP contribution is -2.38. The van der Waals surface area contributed by atoms with Crippen molar-refractivity contribution in [3.8, 4) is 0 Å². The molecule has 0 spiro atoms. The predicted octanol–water partition coefficient (Wildman–Crippen LogP) is 4.75. The fourth-order valence-corrected chi connectivity index (χ4v) is 4.00. The number of likely N-dealkylation sites (tertiary alicyclic amines) is 1. The van der Waals surface area contributed by atoms with Gasteiger partial charge in [-0.05, 0) is 62.8 Å². The quantitative estimate of drug-likeness (QED) is 0.778. The minimum Gasteiger partial charge on any atom is -0.455 e. The number of carbonyl (C=O) groups excluding carboxylic acids is 1. The van der Waals surface area contributed by atoms with Crippen molar-refractivity contribution in [2.24, 2.45) is 11.0 Å². The molecule has 6 heteroatoms. The molecule has 2 aliphatic rings. The summed E-state index contributed by atoms with van der Waals surface area (Å²) in [6, 6.07) is 6.09. The summed E-state index contributed by atoms with van der Waals surface area (Å²) < 4.78 is 19.1. The lowest BCUT2D eigenvalue weighted by atomic mass is 9.93. The maximum Gasteiger partial charge on any atom is 0.289 e. The van der Waals surface area contributed by atoms with Crippen LogP contribution in [0, 0.1) is 18.7 Å². The van der Waals surface area contributed by atoms with Crippen LogP contribution < -0.4 is 5.43 Å². The SMILES string of the molecule is Cc1c(C(=O)N2CCC(C)CC2)oc2c1/C(=N/Nc1ccc(F)cc1)CCC2. The van der Waals surface area contributed by atoms with E-state index in [-0.39, 0.29) is 11.7 Å². The van der Waals surface area contributed by atoms with Crippen LogP contribution in [0.15, 0.2) is 33.8 Å². The summed E-state index contributed by atoms with van der Waals surface area (Å²) in [5, 5.41) is 4.54. The molecule has 148 valence electrons. The molecule has 0 bridgehead atoms. The number of nitrogens with zero attached hydrogens (tertiary/aromatic N) is 2. The van der Waals surface area contributed by atoms with E-state index in [2.05, 4.69) is 17.5 Å². The number of benzene rings is 1. The molecular formula is C22H26FN3O2. The van der Waals surface area contributed by atoms with Crippen molar-refractivity contribution < 1.29 is 13.6 Å². The largest absolute Gasteiger partial charge is 0.455 e. The van der Waals surface area contributed by atoms with Crippen molar-refractivity contribution in [2.45, 2.75) is 46.0 Å². The standard InChI is InChI=1S/C22H26FN3O2/c1-14-10-12-26(13-11-14)22(27)21-15(2)20-18(4-3-5-19(20)28-21)25-24-17-8-6-16(23)7-9-17/h6-9,14,24H,3-5,10-13H2,1-2H3/b25-18+. The Bertz CT molecular complexity index is 893. The van der Waals surface area contributed by atoms with Crippen LogP contribution in [0.5, 0.6) is 0 Å². The Labute approximate surface area is 164 Å². The lowest BCUT2D eigenvalue weighted by Gasteiger charge is -2.29. The number of piperidine rings is 1. The van der Waals surface area contributed by atoms with E-state index in [0.717, 1.165) is 73.5 Å². The highest BCUT2D eigenvalue weighted by Crippen LogP contribution is 2.31. The van der Waals surface area contributed by atoms with Crippen LogP contribution >= 0.6 is 0 Å². The Hall–Kier alpha value is -2.63. The lowest BCUT2D eigenvalue weighted by molar-refractivity contribution is 0.0662. The van der Waals surface area contributed by atoms with Crippen molar-refractivity contribution in [3.05, 3.63) is 52.7 Å². The Morgan fingerprint density at radius 2 is 1.93 bits per heavy atom. The first-order valence-corrected chi connectivity index (χ1v) is 10.0. The van der Waals surface area contributed by atoms with E-state index in [4.69, 9.17) is 4.42 Å². The summed E-state index contributed by atoms with van der Waals surface area (Å²) in [7, 11) is 0. The second-order valence-corrected chi connectivity index (χ2v) is 7.86. The van der Waals surface area contributed by atoms with E-state index >= 15 is 0 Å². The van der Waals surface area contributed by atoms with E-state index in [1.165, 1.54) is 12.1 Å². The van der Waals surface area contributed by atoms with Crippen molar-refractivity contribution in [3.63, 3.8) is 0 Å². The Morgan fingerprint density at radius 3 is 2.64 bits per heavy atom. The van der Waals surface area contributed by atoms with Gasteiger partial charge in [0.15, 0.2) is 5.76 Å². The molecule has 2 aromatic rings. The average Bonchev–Trinajstić information content (AvgIpc) is 3.05. The van der Waals surface area contributed by atoms with Gasteiger partial charge in [-0.15, -0.1) is 0 Å². The molecule has 1 aromatic heterocycles. The fraction of sp³-hybridized carbons (Fsp3) is 0.455. The van der Waals surface area contributed by atoms with Gasteiger partial charge in [0.05, 0.1) is 11.4 Å². The normalized spacial score (nSPS) is 19.0. The van der Waals surface area contributed by atoms with Crippen LogP contribution in [0.2, 0.25) is 0 Å². The summed E-state index contributed by atoms with van der Waals surface area (Å²) in [5.41, 5.74) is 6.44. The van der Waals surface area contributed by atoms with Crippen LogP contribution in [0.4, 0.5) is 10.1 Å². The molecule has 0 atom stereocenters. The highest BCUT2D eigenvalue weighted by Gasteiger charge is 2.31. The molecule has 1 N–H and O–H groups in total. The van der Waals surface area contributed by atoms with Crippen molar-refractivity contribution in [1.82, 2.24) is 4.90 Å². The second kappa shape index (κ2) is 7.78. The topological polar surface area (TPSA) is 57.8 Å². The van der Waals surface area contributed by atoms with E-state index in [1.807, 2.05) is 11.8 Å². The molecule has 1 aliphatic carbocycles. The Morgan fingerprint density at radius 1 is 1.21 bits per heavy atom. The number of hydrazone groups is 1. The summed E-state index contributed by atoms with van der Waals surface area (Å²) in [4.78, 5) is 14.9.